The Morgan fingerprint density at radius 2 is 1.10 bits per heavy atom. The van der Waals surface area contributed by atoms with Crippen molar-refractivity contribution in [1.29, 1.82) is 0 Å². The van der Waals surface area contributed by atoms with Crippen molar-refractivity contribution in [2.75, 3.05) is 36.0 Å². The van der Waals surface area contributed by atoms with Crippen molar-refractivity contribution in [3.63, 3.8) is 0 Å². The quantitative estimate of drug-likeness (QED) is 0.363. The first-order valence-corrected chi connectivity index (χ1v) is 13.7. The van der Waals surface area contributed by atoms with Gasteiger partial charge in [-0.05, 0) is 62.1 Å². The molecule has 2 amide bonds. The number of anilines is 2. The molecule has 0 aliphatic carbocycles. The van der Waals surface area contributed by atoms with E-state index in [1.807, 2.05) is 24.5 Å². The molecule has 1 aromatic carbocycles. The number of aldehydes is 1. The molecule has 2 saturated heterocycles. The normalized spacial score (nSPS) is 17.6. The van der Waals surface area contributed by atoms with Gasteiger partial charge in [0.15, 0.2) is 0 Å². The van der Waals surface area contributed by atoms with E-state index in [-0.39, 0.29) is 17.9 Å². The molecule has 2 fully saturated rings. The van der Waals surface area contributed by atoms with Crippen LogP contribution in [0.1, 0.15) is 46.4 Å². The lowest BCUT2D eigenvalue weighted by Crippen LogP contribution is -2.47. The van der Waals surface area contributed by atoms with Gasteiger partial charge in [0.1, 0.15) is 0 Å². The van der Waals surface area contributed by atoms with Gasteiger partial charge in [0.2, 0.25) is 6.29 Å². The Morgan fingerprint density at radius 1 is 0.714 bits per heavy atom. The molecule has 2 aromatic heterocycles. The largest absolute Gasteiger partial charge is 0.446 e. The highest BCUT2D eigenvalue weighted by Gasteiger charge is 2.40. The molecule has 0 atom stereocenters. The van der Waals surface area contributed by atoms with Crippen LogP contribution in [0.2, 0.25) is 0 Å². The smallest absolute Gasteiger partial charge is 0.371 e. The third kappa shape index (κ3) is 7.90. The zero-order valence-electron chi connectivity index (χ0n) is 23.0. The fourth-order valence-electron chi connectivity index (χ4n) is 5.19. The molecule has 0 spiro atoms. The third-order valence-electron chi connectivity index (χ3n) is 7.38. The molecule has 42 heavy (non-hydrogen) atoms. The molecule has 0 radical (unpaired) electrons. The van der Waals surface area contributed by atoms with Crippen molar-refractivity contribution >= 4 is 29.5 Å². The lowest BCUT2D eigenvalue weighted by atomic mass is 10.0. The maximum Gasteiger partial charge on any atom is 0.446 e. The molecule has 3 aliphatic rings. The second-order valence-corrected chi connectivity index (χ2v) is 10.1. The van der Waals surface area contributed by atoms with E-state index in [1.165, 1.54) is 10.6 Å². The summed E-state index contributed by atoms with van der Waals surface area (Å²) in [5, 5.41) is 0. The topological polar surface area (TPSA) is 113 Å². The molecule has 3 aliphatic heterocycles. The summed E-state index contributed by atoms with van der Waals surface area (Å²) < 4.78 is 31.2. The summed E-state index contributed by atoms with van der Waals surface area (Å²) in [7, 11) is 0. The van der Waals surface area contributed by atoms with Crippen LogP contribution >= 0.6 is 0 Å². The van der Waals surface area contributed by atoms with Crippen molar-refractivity contribution in [2.45, 2.75) is 43.9 Å². The van der Waals surface area contributed by atoms with Crippen LogP contribution in [0.3, 0.4) is 0 Å². The second kappa shape index (κ2) is 14.0. The zero-order chi connectivity index (χ0) is 30.1. The Morgan fingerprint density at radius 3 is 1.48 bits per heavy atom. The van der Waals surface area contributed by atoms with E-state index in [1.54, 1.807) is 36.7 Å². The van der Waals surface area contributed by atoms with E-state index >= 15 is 0 Å². The van der Waals surface area contributed by atoms with E-state index < -0.39 is 12.5 Å². The summed E-state index contributed by atoms with van der Waals surface area (Å²) in [6.45, 7) is 3.82. The highest BCUT2D eigenvalue weighted by Crippen LogP contribution is 2.29. The van der Waals surface area contributed by atoms with Crippen molar-refractivity contribution in [3.05, 3.63) is 84.4 Å². The maximum absolute atomic E-state index is 12.5. The maximum atomic E-state index is 12.5. The molecular weight excluding hydrogens is 549 g/mol. The fourth-order valence-corrected chi connectivity index (χ4v) is 5.19. The molecule has 222 valence electrons. The minimum absolute atomic E-state index is 0.0134. The van der Waals surface area contributed by atoms with Crippen LogP contribution in [0.5, 0.6) is 0 Å². The zero-order valence-corrected chi connectivity index (χ0v) is 23.0. The van der Waals surface area contributed by atoms with Gasteiger partial charge >= 0.3 is 6.18 Å². The van der Waals surface area contributed by atoms with Crippen molar-refractivity contribution < 1.29 is 27.6 Å². The number of carbonyl (C=O) groups excluding carboxylic acids is 3. The van der Waals surface area contributed by atoms with E-state index in [2.05, 4.69) is 31.9 Å². The van der Waals surface area contributed by atoms with E-state index in [9.17, 15) is 22.8 Å². The molecule has 12 heteroatoms. The van der Waals surface area contributed by atoms with Crippen LogP contribution < -0.4 is 15.5 Å². The van der Waals surface area contributed by atoms with Crippen LogP contribution in [-0.2, 0) is 4.79 Å². The monoisotopic (exact) mass is 582 g/mol. The Labute approximate surface area is 242 Å². The number of hydrogen-bond acceptors (Lipinski definition) is 8. The first-order chi connectivity index (χ1) is 20.2. The predicted molar refractivity (Wildman–Crippen MR) is 152 cm³/mol. The molecule has 0 saturated carbocycles. The molecule has 9 nitrogen and oxygen atoms in total. The number of fused-ring (bicyclic) bond motifs is 1. The highest BCUT2D eigenvalue weighted by atomic mass is 19.4. The number of piperidine rings is 2. The van der Waals surface area contributed by atoms with Gasteiger partial charge in [0.05, 0.1) is 11.1 Å². The fraction of sp³-hybridized carbons (Fsp3) is 0.367. The number of nitrogens with two attached hydrogens (primary N) is 1. The van der Waals surface area contributed by atoms with Crippen LogP contribution in [0.25, 0.3) is 0 Å². The number of alkyl halides is 3. The molecular formula is C30H33F3N6O3. The number of amides is 2. The van der Waals surface area contributed by atoms with Gasteiger partial charge in [0, 0.05) is 74.4 Å². The van der Waals surface area contributed by atoms with Crippen LogP contribution in [-0.4, -0.2) is 77.4 Å². The van der Waals surface area contributed by atoms with Gasteiger partial charge in [-0.15, -0.1) is 0 Å². The minimum Gasteiger partial charge on any atom is -0.371 e. The molecule has 6 rings (SSSR count). The van der Waals surface area contributed by atoms with Gasteiger partial charge in [0.25, 0.3) is 11.8 Å². The number of aromatic nitrogens is 2. The summed E-state index contributed by atoms with van der Waals surface area (Å²) in [5.74, 6) is -0.291. The van der Waals surface area contributed by atoms with Gasteiger partial charge in [-0.1, -0.05) is 12.1 Å². The van der Waals surface area contributed by atoms with Crippen LogP contribution in [0.15, 0.2) is 73.3 Å². The SMILES string of the molecule is NC1CCN(c2ccncc2)CC1.O=C1c2ccccc2C(=O)N1C1CCN(c2ccncc2)CC1.O=CC(F)(F)F. The number of imide groups is 1. The summed E-state index contributed by atoms with van der Waals surface area (Å²) in [4.78, 5) is 47.9. The standard InChI is InChI=1S/C18H17N3O2.C10H15N3.C2HF3O/c22-17-15-3-1-2-4-16(15)18(23)21(17)14-7-11-20(12-8-14)13-5-9-19-10-6-13;11-9-3-7-13(8-4-9)10-1-5-12-6-2-10;3-2(4,5)1-6/h1-6,9-10,14H,7-8,11-12H2;1-2,5-6,9H,3-4,7-8,11H2;1H. The summed E-state index contributed by atoms with van der Waals surface area (Å²) >= 11 is 0. The average Bonchev–Trinajstić information content (AvgIpc) is 3.28. The molecule has 2 N–H and O–H groups in total. The minimum atomic E-state index is -4.64. The Kier molecular flexibility index (Phi) is 10.2. The number of rotatable bonds is 3. The second-order valence-electron chi connectivity index (χ2n) is 10.1. The highest BCUT2D eigenvalue weighted by molar-refractivity contribution is 6.21. The lowest BCUT2D eigenvalue weighted by molar-refractivity contribution is -0.156. The van der Waals surface area contributed by atoms with Crippen LogP contribution in [0.4, 0.5) is 24.5 Å². The number of halogens is 3. The Bertz CT molecular complexity index is 1290. The molecule has 3 aromatic rings. The number of carbonyl (C=O) groups is 3. The predicted octanol–water partition coefficient (Wildman–Crippen LogP) is 4.10. The van der Waals surface area contributed by atoms with Crippen molar-refractivity contribution in [2.24, 2.45) is 5.73 Å². The summed E-state index contributed by atoms with van der Waals surface area (Å²) in [6, 6.07) is 15.6. The van der Waals surface area contributed by atoms with Crippen molar-refractivity contribution in [3.8, 4) is 0 Å². The number of nitrogens with zero attached hydrogens (tertiary/aromatic N) is 5. The first kappa shape index (κ1) is 30.6. The summed E-state index contributed by atoms with van der Waals surface area (Å²) in [6.07, 6.45) is 5.34. The number of hydrogen-bond donors (Lipinski definition) is 1. The number of pyridine rings is 2. The summed E-state index contributed by atoms with van der Waals surface area (Å²) in [5.41, 5.74) is 9.31. The van der Waals surface area contributed by atoms with E-state index in [0.717, 1.165) is 57.5 Å². The van der Waals surface area contributed by atoms with E-state index in [0.29, 0.717) is 17.2 Å². The third-order valence-corrected chi connectivity index (χ3v) is 7.38. The molecule has 5 heterocycles. The molecule has 0 bridgehead atoms. The first-order valence-electron chi connectivity index (χ1n) is 13.7. The van der Waals surface area contributed by atoms with Gasteiger partial charge in [-0.25, -0.2) is 0 Å². The van der Waals surface area contributed by atoms with Crippen LogP contribution in [0, 0.1) is 0 Å². The number of benzene rings is 1. The Balaban J connectivity index is 0.000000179. The van der Waals surface area contributed by atoms with E-state index in [4.69, 9.17) is 10.5 Å². The Hall–Kier alpha value is -4.32. The van der Waals surface area contributed by atoms with Gasteiger partial charge in [-0.2, -0.15) is 13.2 Å². The van der Waals surface area contributed by atoms with Crippen molar-refractivity contribution in [1.82, 2.24) is 14.9 Å². The molecule has 0 unspecified atom stereocenters. The van der Waals surface area contributed by atoms with Gasteiger partial charge < -0.3 is 15.5 Å². The average molecular weight is 583 g/mol. The lowest BCUT2D eigenvalue weighted by Gasteiger charge is -2.36. The van der Waals surface area contributed by atoms with Gasteiger partial charge in [-0.3, -0.25) is 29.3 Å².